The molecule has 3 N–H and O–H groups in total. The summed E-state index contributed by atoms with van der Waals surface area (Å²) in [6.07, 6.45) is 1.53. The Bertz CT molecular complexity index is 685. The molecule has 0 aliphatic rings. The fraction of sp³-hybridized carbons (Fsp3) is 0.231. The second-order valence-electron chi connectivity index (χ2n) is 4.31. The molecule has 0 spiro atoms. The number of ether oxygens (including phenoxy) is 1. The predicted molar refractivity (Wildman–Crippen MR) is 72.6 cm³/mol. The molecule has 21 heavy (non-hydrogen) atoms. The first-order valence-corrected chi connectivity index (χ1v) is 6.02. The number of aryl methyl sites for hydroxylation is 1. The lowest BCUT2D eigenvalue weighted by molar-refractivity contribution is 0.0594. The normalized spacial score (nSPS) is 10.5. The van der Waals surface area contributed by atoms with Gasteiger partial charge in [0, 0.05) is 19.2 Å². The van der Waals surface area contributed by atoms with Gasteiger partial charge in [0.2, 0.25) is 0 Å². The monoisotopic (exact) mass is 296 g/mol. The lowest BCUT2D eigenvalue weighted by Gasteiger charge is -2.09. The van der Waals surface area contributed by atoms with Gasteiger partial charge in [-0.05, 0) is 12.1 Å². The minimum Gasteiger partial charge on any atom is -0.465 e. The van der Waals surface area contributed by atoms with Gasteiger partial charge in [0.25, 0.3) is 0 Å². The van der Waals surface area contributed by atoms with Gasteiger partial charge in [-0.1, -0.05) is 0 Å². The van der Waals surface area contributed by atoms with E-state index in [2.05, 4.69) is 15.2 Å². The molecule has 0 atom stereocenters. The third-order valence-electron chi connectivity index (χ3n) is 3.02. The van der Waals surface area contributed by atoms with Crippen LogP contribution in [0.2, 0.25) is 0 Å². The first-order valence-electron chi connectivity index (χ1n) is 6.02. The highest BCUT2D eigenvalue weighted by Crippen LogP contribution is 2.22. The van der Waals surface area contributed by atoms with Gasteiger partial charge < -0.3 is 15.8 Å². The predicted octanol–water partition coefficient (Wildman–Crippen LogP) is 1.68. The Kier molecular flexibility index (Phi) is 4.06. The summed E-state index contributed by atoms with van der Waals surface area (Å²) in [6, 6.07) is 2.41. The highest BCUT2D eigenvalue weighted by Gasteiger charge is 2.19. The molecule has 1 aromatic heterocycles. The van der Waals surface area contributed by atoms with Gasteiger partial charge in [0.15, 0.2) is 11.6 Å². The van der Waals surface area contributed by atoms with Crippen LogP contribution in [0.5, 0.6) is 0 Å². The van der Waals surface area contributed by atoms with Crippen LogP contribution in [-0.4, -0.2) is 22.9 Å². The maximum absolute atomic E-state index is 13.9. The minimum atomic E-state index is -1.26. The topological polar surface area (TPSA) is 82.2 Å². The number of nitrogen functional groups attached to an aromatic ring is 1. The zero-order valence-electron chi connectivity index (χ0n) is 11.5. The molecule has 2 aromatic rings. The number of hydrogen-bond acceptors (Lipinski definition) is 5. The fourth-order valence-corrected chi connectivity index (χ4v) is 1.77. The van der Waals surface area contributed by atoms with E-state index in [0.717, 1.165) is 13.2 Å². The Hall–Kier alpha value is -2.64. The zero-order valence-corrected chi connectivity index (χ0v) is 11.5. The van der Waals surface area contributed by atoms with Crippen molar-refractivity contribution < 1.29 is 18.3 Å². The molecule has 0 radical (unpaired) electrons. The standard InChI is InChI=1S/C13H14F2N4O2/c1-19-12(16)7(6-18-19)5-17-9-4-3-8(13(20)21-2)10(14)11(9)15/h3-4,6,17H,5,16H2,1-2H3. The van der Waals surface area contributed by atoms with Crippen molar-refractivity contribution in [3.8, 4) is 0 Å². The Balaban J connectivity index is 2.20. The number of nitrogens with two attached hydrogens (primary N) is 1. The summed E-state index contributed by atoms with van der Waals surface area (Å²) in [4.78, 5) is 11.2. The molecule has 1 aromatic carbocycles. The first kappa shape index (κ1) is 14.8. The smallest absolute Gasteiger partial charge is 0.340 e. The lowest BCUT2D eigenvalue weighted by Crippen LogP contribution is -2.09. The highest BCUT2D eigenvalue weighted by atomic mass is 19.2. The maximum Gasteiger partial charge on any atom is 0.340 e. The van der Waals surface area contributed by atoms with Gasteiger partial charge in [-0.3, -0.25) is 4.68 Å². The Morgan fingerprint density at radius 1 is 1.43 bits per heavy atom. The number of aromatic nitrogens is 2. The second kappa shape index (κ2) is 5.78. The van der Waals surface area contributed by atoms with E-state index in [1.165, 1.54) is 16.9 Å². The van der Waals surface area contributed by atoms with Crippen molar-refractivity contribution in [1.29, 1.82) is 0 Å². The molecule has 0 unspecified atom stereocenters. The molecule has 1 heterocycles. The van der Waals surface area contributed by atoms with Crippen molar-refractivity contribution in [1.82, 2.24) is 9.78 Å². The molecular weight excluding hydrogens is 282 g/mol. The van der Waals surface area contributed by atoms with Crippen LogP contribution in [0.3, 0.4) is 0 Å². The number of halogens is 2. The molecule has 0 bridgehead atoms. The summed E-state index contributed by atoms with van der Waals surface area (Å²) < 4.78 is 33.5. The van der Waals surface area contributed by atoms with Gasteiger partial charge in [0.05, 0.1) is 24.6 Å². The summed E-state index contributed by atoms with van der Waals surface area (Å²) in [6.45, 7) is 0.174. The van der Waals surface area contributed by atoms with Crippen molar-refractivity contribution in [2.24, 2.45) is 7.05 Å². The Morgan fingerprint density at radius 3 is 2.71 bits per heavy atom. The summed E-state index contributed by atoms with van der Waals surface area (Å²) in [5.41, 5.74) is 5.86. The summed E-state index contributed by atoms with van der Waals surface area (Å²) >= 11 is 0. The van der Waals surface area contributed by atoms with Crippen LogP contribution in [0, 0.1) is 11.6 Å². The molecule has 112 valence electrons. The van der Waals surface area contributed by atoms with Gasteiger partial charge in [-0.2, -0.15) is 5.10 Å². The van der Waals surface area contributed by atoms with Crippen LogP contribution in [0.4, 0.5) is 20.3 Å². The van der Waals surface area contributed by atoms with E-state index in [1.807, 2.05) is 0 Å². The number of methoxy groups -OCH3 is 1. The van der Waals surface area contributed by atoms with Crippen LogP contribution < -0.4 is 11.1 Å². The molecule has 8 heteroatoms. The third kappa shape index (κ3) is 2.78. The lowest BCUT2D eigenvalue weighted by atomic mass is 10.1. The number of esters is 1. The van der Waals surface area contributed by atoms with Crippen LogP contribution in [0.1, 0.15) is 15.9 Å². The average molecular weight is 296 g/mol. The Morgan fingerprint density at radius 2 is 2.14 bits per heavy atom. The number of nitrogens with zero attached hydrogens (tertiary/aromatic N) is 2. The van der Waals surface area contributed by atoms with Gasteiger partial charge in [-0.25, -0.2) is 13.6 Å². The largest absolute Gasteiger partial charge is 0.465 e. The zero-order chi connectivity index (χ0) is 15.6. The fourth-order valence-electron chi connectivity index (χ4n) is 1.77. The van der Waals surface area contributed by atoms with Crippen molar-refractivity contribution in [2.45, 2.75) is 6.54 Å². The average Bonchev–Trinajstić information content (AvgIpc) is 2.80. The first-order chi connectivity index (χ1) is 9.95. The van der Waals surface area contributed by atoms with E-state index in [1.54, 1.807) is 7.05 Å². The summed E-state index contributed by atoms with van der Waals surface area (Å²) in [7, 11) is 2.77. The summed E-state index contributed by atoms with van der Waals surface area (Å²) in [5, 5.41) is 6.65. The van der Waals surface area contributed by atoms with Crippen LogP contribution in [-0.2, 0) is 18.3 Å². The number of anilines is 2. The number of hydrogen-bond donors (Lipinski definition) is 2. The van der Waals surface area contributed by atoms with E-state index in [-0.39, 0.29) is 12.2 Å². The molecule has 2 rings (SSSR count). The van der Waals surface area contributed by atoms with Crippen molar-refractivity contribution >= 4 is 17.5 Å². The Labute approximate surface area is 119 Å². The van der Waals surface area contributed by atoms with E-state index >= 15 is 0 Å². The van der Waals surface area contributed by atoms with E-state index in [0.29, 0.717) is 11.4 Å². The molecule has 0 amide bonds. The number of carbonyl (C=O) groups excluding carboxylic acids is 1. The van der Waals surface area contributed by atoms with Gasteiger partial charge in [-0.15, -0.1) is 0 Å². The number of benzene rings is 1. The molecular formula is C13H14F2N4O2. The van der Waals surface area contributed by atoms with E-state index < -0.39 is 23.2 Å². The quantitative estimate of drug-likeness (QED) is 0.839. The van der Waals surface area contributed by atoms with Crippen molar-refractivity contribution in [3.63, 3.8) is 0 Å². The van der Waals surface area contributed by atoms with Gasteiger partial charge in [0.1, 0.15) is 5.82 Å². The van der Waals surface area contributed by atoms with Crippen molar-refractivity contribution in [3.05, 3.63) is 41.1 Å². The molecule has 0 aliphatic carbocycles. The molecule has 0 aliphatic heterocycles. The third-order valence-corrected chi connectivity index (χ3v) is 3.02. The molecule has 0 saturated carbocycles. The highest BCUT2D eigenvalue weighted by molar-refractivity contribution is 5.90. The van der Waals surface area contributed by atoms with Gasteiger partial charge >= 0.3 is 5.97 Å². The second-order valence-corrected chi connectivity index (χ2v) is 4.31. The molecule has 6 nitrogen and oxygen atoms in total. The van der Waals surface area contributed by atoms with E-state index in [9.17, 15) is 13.6 Å². The number of rotatable bonds is 4. The molecule has 0 saturated heterocycles. The number of carbonyl (C=O) groups is 1. The van der Waals surface area contributed by atoms with Crippen LogP contribution >= 0.6 is 0 Å². The maximum atomic E-state index is 13.9. The number of nitrogens with one attached hydrogen (secondary N) is 1. The minimum absolute atomic E-state index is 0.0802. The van der Waals surface area contributed by atoms with Crippen LogP contribution in [0.15, 0.2) is 18.3 Å². The SMILES string of the molecule is COC(=O)c1ccc(NCc2cnn(C)c2N)c(F)c1F. The van der Waals surface area contributed by atoms with E-state index in [4.69, 9.17) is 5.73 Å². The van der Waals surface area contributed by atoms with Crippen LogP contribution in [0.25, 0.3) is 0 Å². The van der Waals surface area contributed by atoms with Crippen molar-refractivity contribution in [2.75, 3.05) is 18.2 Å². The molecule has 0 fully saturated rings. The summed E-state index contributed by atoms with van der Waals surface area (Å²) in [5.74, 6) is -2.92.